The molecule has 0 saturated carbocycles. The third kappa shape index (κ3) is 5.39. The fourth-order valence-corrected chi connectivity index (χ4v) is 2.30. The monoisotopic (exact) mass is 372 g/mol. The van der Waals surface area contributed by atoms with E-state index in [0.29, 0.717) is 15.6 Å². The Morgan fingerprint density at radius 3 is 2.57 bits per heavy atom. The molecule has 0 atom stereocenters. The van der Waals surface area contributed by atoms with Gasteiger partial charge in [0.15, 0.2) is 12.4 Å². The molecule has 1 heterocycles. The molecule has 0 unspecified atom stereocenters. The normalized spacial score (nSPS) is 10.2. The Morgan fingerprint density at radius 2 is 1.87 bits per heavy atom. The third-order valence-electron chi connectivity index (χ3n) is 2.72. The molecular weight excluding hydrogens is 363 g/mol. The number of esters is 1. The maximum Gasteiger partial charge on any atom is 0.310 e. The molecule has 2 aromatic rings. The number of nitrogens with one attached hydrogen (secondary N) is 1. The summed E-state index contributed by atoms with van der Waals surface area (Å²) in [4.78, 5) is 27.3. The molecule has 5 nitrogen and oxygen atoms in total. The van der Waals surface area contributed by atoms with Crippen LogP contribution in [-0.4, -0.2) is 23.5 Å². The van der Waals surface area contributed by atoms with Crippen molar-refractivity contribution in [3.63, 3.8) is 0 Å². The molecule has 1 amide bonds. The predicted octanol–water partition coefficient (Wildman–Crippen LogP) is 3.77. The molecule has 0 bridgehead atoms. The van der Waals surface area contributed by atoms with Crippen molar-refractivity contribution in [2.75, 3.05) is 11.9 Å². The van der Waals surface area contributed by atoms with Crippen LogP contribution < -0.4 is 5.32 Å². The zero-order valence-electron chi connectivity index (χ0n) is 11.7. The summed E-state index contributed by atoms with van der Waals surface area (Å²) >= 11 is 17.5. The van der Waals surface area contributed by atoms with Gasteiger partial charge in [-0.3, -0.25) is 9.59 Å². The van der Waals surface area contributed by atoms with Gasteiger partial charge in [0, 0.05) is 11.2 Å². The van der Waals surface area contributed by atoms with Crippen molar-refractivity contribution in [1.29, 1.82) is 0 Å². The van der Waals surface area contributed by atoms with Gasteiger partial charge in [0.1, 0.15) is 0 Å². The quantitative estimate of drug-likeness (QED) is 0.810. The standard InChI is InChI=1S/C15H11Cl3N2O3/c16-10-6-12(18)15(19-7-10)20-13(21)8-23-14(22)5-9-3-1-2-4-11(9)17/h1-4,6-7H,5,8H2,(H,19,20,21). The van der Waals surface area contributed by atoms with Gasteiger partial charge in [-0.25, -0.2) is 4.98 Å². The van der Waals surface area contributed by atoms with Crippen molar-refractivity contribution in [3.05, 3.63) is 57.2 Å². The second-order valence-electron chi connectivity index (χ2n) is 4.46. The maximum absolute atomic E-state index is 11.7. The number of nitrogens with zero attached hydrogens (tertiary/aromatic N) is 1. The Balaban J connectivity index is 1.84. The summed E-state index contributed by atoms with van der Waals surface area (Å²) in [6.07, 6.45) is 1.32. The largest absolute Gasteiger partial charge is 0.455 e. The molecule has 0 radical (unpaired) electrons. The lowest BCUT2D eigenvalue weighted by Gasteiger charge is -2.08. The van der Waals surface area contributed by atoms with Crippen LogP contribution in [0.5, 0.6) is 0 Å². The number of benzene rings is 1. The van der Waals surface area contributed by atoms with Crippen molar-refractivity contribution in [2.45, 2.75) is 6.42 Å². The predicted molar refractivity (Wildman–Crippen MR) is 89.0 cm³/mol. The lowest BCUT2D eigenvalue weighted by atomic mass is 10.1. The van der Waals surface area contributed by atoms with E-state index in [-0.39, 0.29) is 17.3 Å². The van der Waals surface area contributed by atoms with Gasteiger partial charge >= 0.3 is 5.97 Å². The van der Waals surface area contributed by atoms with Gasteiger partial charge in [0.25, 0.3) is 5.91 Å². The van der Waals surface area contributed by atoms with E-state index in [1.54, 1.807) is 24.3 Å². The van der Waals surface area contributed by atoms with Gasteiger partial charge in [-0.1, -0.05) is 53.0 Å². The van der Waals surface area contributed by atoms with Gasteiger partial charge in [0.05, 0.1) is 16.5 Å². The summed E-state index contributed by atoms with van der Waals surface area (Å²) in [5.41, 5.74) is 0.627. The third-order valence-corrected chi connectivity index (χ3v) is 3.59. The van der Waals surface area contributed by atoms with Crippen LogP contribution in [0.1, 0.15) is 5.56 Å². The van der Waals surface area contributed by atoms with Gasteiger partial charge in [-0.15, -0.1) is 0 Å². The van der Waals surface area contributed by atoms with Crippen LogP contribution >= 0.6 is 34.8 Å². The van der Waals surface area contributed by atoms with Crippen LogP contribution in [0.15, 0.2) is 36.5 Å². The van der Waals surface area contributed by atoms with Crippen LogP contribution in [-0.2, 0) is 20.7 Å². The molecule has 120 valence electrons. The van der Waals surface area contributed by atoms with Gasteiger partial charge in [0.2, 0.25) is 0 Å². The van der Waals surface area contributed by atoms with E-state index in [1.165, 1.54) is 12.3 Å². The minimum Gasteiger partial charge on any atom is -0.455 e. The highest BCUT2D eigenvalue weighted by Crippen LogP contribution is 2.22. The number of amides is 1. The number of rotatable bonds is 5. The molecule has 23 heavy (non-hydrogen) atoms. The van der Waals surface area contributed by atoms with E-state index in [0.717, 1.165) is 0 Å². The molecule has 0 aliphatic carbocycles. The summed E-state index contributed by atoms with van der Waals surface area (Å²) in [5.74, 6) is -0.985. The van der Waals surface area contributed by atoms with Crippen LogP contribution in [0.4, 0.5) is 5.82 Å². The average Bonchev–Trinajstić information content (AvgIpc) is 2.50. The first-order valence-corrected chi connectivity index (χ1v) is 7.59. The summed E-state index contributed by atoms with van der Waals surface area (Å²) < 4.78 is 4.89. The molecule has 2 rings (SSSR count). The lowest BCUT2D eigenvalue weighted by Crippen LogP contribution is -2.22. The number of anilines is 1. The number of halogens is 3. The first kappa shape index (κ1) is 17.5. The Bertz CT molecular complexity index is 738. The van der Waals surface area contributed by atoms with Crippen molar-refractivity contribution in [2.24, 2.45) is 0 Å². The highest BCUT2D eigenvalue weighted by atomic mass is 35.5. The number of carbonyl (C=O) groups excluding carboxylic acids is 2. The van der Waals surface area contributed by atoms with Crippen LogP contribution in [0.25, 0.3) is 0 Å². The fourth-order valence-electron chi connectivity index (χ4n) is 1.67. The summed E-state index contributed by atoms with van der Waals surface area (Å²) in [6, 6.07) is 8.34. The minimum absolute atomic E-state index is 0.0209. The van der Waals surface area contributed by atoms with E-state index >= 15 is 0 Å². The molecule has 0 aliphatic heterocycles. The van der Waals surface area contributed by atoms with E-state index in [2.05, 4.69) is 10.3 Å². The molecule has 0 saturated heterocycles. The minimum atomic E-state index is -0.566. The number of hydrogen-bond acceptors (Lipinski definition) is 4. The number of pyridine rings is 1. The van der Waals surface area contributed by atoms with Gasteiger partial charge in [-0.2, -0.15) is 0 Å². The maximum atomic E-state index is 11.7. The van der Waals surface area contributed by atoms with E-state index in [9.17, 15) is 9.59 Å². The van der Waals surface area contributed by atoms with Gasteiger partial charge < -0.3 is 10.1 Å². The first-order valence-electron chi connectivity index (χ1n) is 6.45. The van der Waals surface area contributed by atoms with Gasteiger partial charge in [-0.05, 0) is 17.7 Å². The van der Waals surface area contributed by atoms with E-state index in [4.69, 9.17) is 39.5 Å². The topological polar surface area (TPSA) is 68.3 Å². The van der Waals surface area contributed by atoms with Crippen LogP contribution in [0.3, 0.4) is 0 Å². The zero-order chi connectivity index (χ0) is 16.8. The number of carbonyl (C=O) groups is 2. The highest BCUT2D eigenvalue weighted by molar-refractivity contribution is 6.36. The molecule has 8 heteroatoms. The Labute approximate surface area is 147 Å². The fraction of sp³-hybridized carbons (Fsp3) is 0.133. The Morgan fingerprint density at radius 1 is 1.13 bits per heavy atom. The van der Waals surface area contributed by atoms with Crippen molar-refractivity contribution >= 4 is 52.5 Å². The molecular formula is C15H11Cl3N2O3. The van der Waals surface area contributed by atoms with Crippen LogP contribution in [0, 0.1) is 0 Å². The molecule has 1 N–H and O–H groups in total. The van der Waals surface area contributed by atoms with E-state index in [1.807, 2.05) is 0 Å². The molecule has 0 fully saturated rings. The zero-order valence-corrected chi connectivity index (χ0v) is 14.0. The number of aromatic nitrogens is 1. The van der Waals surface area contributed by atoms with Crippen molar-refractivity contribution < 1.29 is 14.3 Å². The summed E-state index contributed by atoms with van der Waals surface area (Å²) in [5, 5.41) is 3.42. The molecule has 0 spiro atoms. The molecule has 1 aromatic heterocycles. The average molecular weight is 374 g/mol. The second-order valence-corrected chi connectivity index (χ2v) is 5.71. The SMILES string of the molecule is O=C(COC(=O)Cc1ccccc1Cl)Nc1ncc(Cl)cc1Cl. The Kier molecular flexibility index (Phi) is 6.21. The summed E-state index contributed by atoms with van der Waals surface area (Å²) in [6.45, 7) is -0.454. The van der Waals surface area contributed by atoms with Crippen molar-refractivity contribution in [3.8, 4) is 0 Å². The number of hydrogen-bond donors (Lipinski definition) is 1. The van der Waals surface area contributed by atoms with E-state index < -0.39 is 18.5 Å². The molecule has 0 aliphatic rings. The second kappa shape index (κ2) is 8.15. The van der Waals surface area contributed by atoms with Crippen molar-refractivity contribution in [1.82, 2.24) is 4.98 Å². The highest BCUT2D eigenvalue weighted by Gasteiger charge is 2.12. The lowest BCUT2D eigenvalue weighted by molar-refractivity contribution is -0.146. The number of ether oxygens (including phenoxy) is 1. The smallest absolute Gasteiger partial charge is 0.310 e. The Hall–Kier alpha value is -1.82. The van der Waals surface area contributed by atoms with Crippen LogP contribution in [0.2, 0.25) is 15.1 Å². The molecule has 1 aromatic carbocycles. The first-order chi connectivity index (χ1) is 11.0. The summed E-state index contributed by atoms with van der Waals surface area (Å²) in [7, 11) is 0.